The van der Waals surface area contributed by atoms with Gasteiger partial charge < -0.3 is 11.1 Å². The Kier molecular flexibility index (Phi) is 5.08. The Hall–Kier alpha value is -4.11. The second kappa shape index (κ2) is 8.20. The lowest BCUT2D eigenvalue weighted by Crippen LogP contribution is -2.23. The Balaban J connectivity index is 1.61. The van der Waals surface area contributed by atoms with Gasteiger partial charge in [-0.3, -0.25) is 4.79 Å². The largest absolute Gasteiger partial charge is 0.383 e. The van der Waals surface area contributed by atoms with Crippen molar-refractivity contribution in [3.63, 3.8) is 0 Å². The first-order valence-corrected chi connectivity index (χ1v) is 10.7. The summed E-state index contributed by atoms with van der Waals surface area (Å²) in [5.74, 6) is -0.575. The lowest BCUT2D eigenvalue weighted by atomic mass is 10.2. The molecule has 0 saturated carbocycles. The summed E-state index contributed by atoms with van der Waals surface area (Å²) in [7, 11) is 0. The number of nitrogens with two attached hydrogens (primary N) is 1. The third-order valence-electron chi connectivity index (χ3n) is 4.90. The van der Waals surface area contributed by atoms with Crippen LogP contribution in [-0.4, -0.2) is 26.8 Å². The summed E-state index contributed by atoms with van der Waals surface area (Å²) in [4.78, 5) is 23.4. The molecule has 5 aromatic rings. The number of amides is 1. The van der Waals surface area contributed by atoms with Crippen molar-refractivity contribution >= 4 is 51.5 Å². The van der Waals surface area contributed by atoms with Crippen molar-refractivity contribution in [1.82, 2.24) is 20.0 Å². The summed E-state index contributed by atoms with van der Waals surface area (Å²) >= 11 is 1.55. The number of halogens is 1. The normalized spacial score (nSPS) is 11.5. The zero-order valence-corrected chi connectivity index (χ0v) is 17.5. The topological polar surface area (TPSA) is 98.2 Å². The van der Waals surface area contributed by atoms with Gasteiger partial charge in [-0.2, -0.15) is 9.78 Å². The molecule has 0 spiro atoms. The summed E-state index contributed by atoms with van der Waals surface area (Å²) in [6, 6.07) is 17.1. The maximum absolute atomic E-state index is 13.2. The third kappa shape index (κ3) is 3.69. The van der Waals surface area contributed by atoms with E-state index in [9.17, 15) is 9.18 Å². The summed E-state index contributed by atoms with van der Waals surface area (Å²) in [6.07, 6.45) is 1.53. The number of thiophene rings is 1. The summed E-state index contributed by atoms with van der Waals surface area (Å²) in [5, 5.41) is 9.26. The average molecular weight is 444 g/mol. The van der Waals surface area contributed by atoms with Crippen LogP contribution in [0, 0.1) is 5.82 Å². The van der Waals surface area contributed by atoms with Crippen molar-refractivity contribution in [2.24, 2.45) is 5.10 Å². The van der Waals surface area contributed by atoms with E-state index in [4.69, 9.17) is 5.73 Å². The predicted octanol–water partition coefficient (Wildman–Crippen LogP) is 4.18. The number of fused-ring (bicyclic) bond motifs is 2. The van der Waals surface area contributed by atoms with Crippen LogP contribution in [0.25, 0.3) is 22.2 Å². The molecule has 32 heavy (non-hydrogen) atoms. The van der Waals surface area contributed by atoms with Crippen LogP contribution in [0.2, 0.25) is 0 Å². The number of para-hydroxylation sites is 2. The number of carbonyl (C=O) groups excluding carboxylic acids is 1. The molecule has 3 heterocycles. The van der Waals surface area contributed by atoms with Crippen molar-refractivity contribution in [3.05, 3.63) is 87.9 Å². The first-order valence-electron chi connectivity index (χ1n) is 9.77. The van der Waals surface area contributed by atoms with Gasteiger partial charge in [-0.25, -0.2) is 14.4 Å². The quantitative estimate of drug-likeness (QED) is 0.397. The number of nitrogens with zero attached hydrogens (tertiary/aromatic N) is 4. The van der Waals surface area contributed by atoms with Gasteiger partial charge in [0.2, 0.25) is 0 Å². The monoisotopic (exact) mass is 444 g/mol. The van der Waals surface area contributed by atoms with E-state index >= 15 is 0 Å². The van der Waals surface area contributed by atoms with Crippen LogP contribution in [0.1, 0.15) is 20.8 Å². The van der Waals surface area contributed by atoms with E-state index < -0.39 is 0 Å². The van der Waals surface area contributed by atoms with Crippen LogP contribution < -0.4 is 11.1 Å². The Morgan fingerprint density at radius 1 is 1.09 bits per heavy atom. The average Bonchev–Trinajstić information content (AvgIpc) is 3.41. The highest BCUT2D eigenvalue weighted by molar-refractivity contribution is 7.09. The van der Waals surface area contributed by atoms with Crippen LogP contribution in [-0.2, 0) is 6.54 Å². The van der Waals surface area contributed by atoms with E-state index in [0.29, 0.717) is 34.3 Å². The van der Waals surface area contributed by atoms with Crippen LogP contribution >= 0.6 is 11.3 Å². The number of aromatic nitrogens is 3. The number of anilines is 1. The highest BCUT2D eigenvalue weighted by atomic mass is 32.1. The standard InChI is InChI=1S/C23H17FN6OS/c24-15-9-7-14(8-10-15)12-27-30-21(25)19(23(31)26-13-16-4-3-11-32-16)20-22(30)29-18-6-2-1-5-17(18)28-20/h1-12H,13,25H2,(H,26,31). The predicted molar refractivity (Wildman–Crippen MR) is 124 cm³/mol. The minimum Gasteiger partial charge on any atom is -0.383 e. The maximum atomic E-state index is 13.2. The second-order valence-electron chi connectivity index (χ2n) is 7.01. The van der Waals surface area contributed by atoms with Crippen LogP contribution in [0.3, 0.4) is 0 Å². The van der Waals surface area contributed by atoms with E-state index in [-0.39, 0.29) is 23.1 Å². The van der Waals surface area contributed by atoms with Crippen molar-refractivity contribution in [3.8, 4) is 0 Å². The lowest BCUT2D eigenvalue weighted by molar-refractivity contribution is 0.0953. The highest BCUT2D eigenvalue weighted by Gasteiger charge is 2.24. The number of carbonyl (C=O) groups is 1. The van der Waals surface area contributed by atoms with E-state index in [1.807, 2.05) is 41.8 Å². The lowest BCUT2D eigenvalue weighted by Gasteiger charge is -2.04. The fraction of sp³-hybridized carbons (Fsp3) is 0.0435. The first kappa shape index (κ1) is 19.8. The molecule has 0 aliphatic heterocycles. The molecule has 3 aromatic heterocycles. The van der Waals surface area contributed by atoms with Crippen LogP contribution in [0.15, 0.2) is 71.1 Å². The number of nitrogens with one attached hydrogen (secondary N) is 1. The zero-order chi connectivity index (χ0) is 22.1. The van der Waals surface area contributed by atoms with Crippen LogP contribution in [0.4, 0.5) is 10.2 Å². The van der Waals surface area contributed by atoms with Gasteiger partial charge in [0.25, 0.3) is 5.91 Å². The van der Waals surface area contributed by atoms with Crippen molar-refractivity contribution in [2.75, 3.05) is 5.73 Å². The minimum atomic E-state index is -0.360. The summed E-state index contributed by atoms with van der Waals surface area (Å²) < 4.78 is 14.6. The molecule has 0 saturated heterocycles. The van der Waals surface area contributed by atoms with Gasteiger partial charge in [-0.05, 0) is 41.3 Å². The van der Waals surface area contributed by atoms with Crippen molar-refractivity contribution in [2.45, 2.75) is 6.54 Å². The molecule has 3 N–H and O–H groups in total. The fourth-order valence-corrected chi connectivity index (χ4v) is 3.97. The number of hydrogen-bond acceptors (Lipinski definition) is 6. The highest BCUT2D eigenvalue weighted by Crippen LogP contribution is 2.28. The van der Waals surface area contributed by atoms with Gasteiger partial charge in [0.05, 0.1) is 23.8 Å². The summed E-state index contributed by atoms with van der Waals surface area (Å²) in [5.41, 5.74) is 9.28. The fourth-order valence-electron chi connectivity index (χ4n) is 3.33. The van der Waals surface area contributed by atoms with E-state index in [2.05, 4.69) is 20.4 Å². The van der Waals surface area contributed by atoms with Gasteiger partial charge in [0.15, 0.2) is 5.65 Å². The van der Waals surface area contributed by atoms with Gasteiger partial charge in [0, 0.05) is 4.88 Å². The Morgan fingerprint density at radius 2 is 1.84 bits per heavy atom. The Bertz CT molecular complexity index is 1460. The smallest absolute Gasteiger partial charge is 0.257 e. The molecular formula is C23H17FN6OS. The second-order valence-corrected chi connectivity index (χ2v) is 8.05. The van der Waals surface area contributed by atoms with Gasteiger partial charge in [-0.1, -0.05) is 30.3 Å². The SMILES string of the molecule is Nc1c(C(=O)NCc2cccs2)c2nc3ccccc3nc2n1N=Cc1ccc(F)cc1. The molecule has 1 amide bonds. The maximum Gasteiger partial charge on any atom is 0.257 e. The number of benzene rings is 2. The number of nitrogen functional groups attached to an aromatic ring is 1. The molecule has 7 nitrogen and oxygen atoms in total. The molecule has 0 atom stereocenters. The number of hydrogen-bond donors (Lipinski definition) is 2. The summed E-state index contributed by atoms with van der Waals surface area (Å²) in [6.45, 7) is 0.377. The van der Waals surface area contributed by atoms with Crippen molar-refractivity contribution in [1.29, 1.82) is 0 Å². The molecule has 0 unspecified atom stereocenters. The van der Waals surface area contributed by atoms with E-state index in [0.717, 1.165) is 4.88 Å². The molecule has 5 rings (SSSR count). The van der Waals surface area contributed by atoms with Gasteiger partial charge in [0.1, 0.15) is 22.7 Å². The van der Waals surface area contributed by atoms with Crippen molar-refractivity contribution < 1.29 is 9.18 Å². The molecule has 9 heteroatoms. The minimum absolute atomic E-state index is 0.123. The molecule has 0 aliphatic rings. The zero-order valence-electron chi connectivity index (χ0n) is 16.7. The third-order valence-corrected chi connectivity index (χ3v) is 5.77. The molecule has 0 fully saturated rings. The van der Waals surface area contributed by atoms with E-state index in [1.54, 1.807) is 23.5 Å². The van der Waals surface area contributed by atoms with E-state index in [1.165, 1.54) is 23.0 Å². The molecule has 2 aromatic carbocycles. The molecule has 0 aliphatic carbocycles. The molecular weight excluding hydrogens is 427 g/mol. The number of rotatable bonds is 5. The Labute approximate surface area is 186 Å². The Morgan fingerprint density at radius 3 is 2.56 bits per heavy atom. The molecule has 158 valence electrons. The molecule has 0 radical (unpaired) electrons. The first-order chi connectivity index (χ1) is 15.6. The van der Waals surface area contributed by atoms with Crippen LogP contribution in [0.5, 0.6) is 0 Å². The van der Waals surface area contributed by atoms with Gasteiger partial charge in [-0.15, -0.1) is 11.3 Å². The van der Waals surface area contributed by atoms with Gasteiger partial charge >= 0.3 is 0 Å². The molecule has 0 bridgehead atoms.